The van der Waals surface area contributed by atoms with Crippen molar-refractivity contribution in [3.8, 4) is 0 Å². The molecule has 1 aliphatic carbocycles. The summed E-state index contributed by atoms with van der Waals surface area (Å²) in [6.07, 6.45) is 10.8. The molecule has 104 valence electrons. The lowest BCUT2D eigenvalue weighted by Gasteiger charge is -2.38. The summed E-state index contributed by atoms with van der Waals surface area (Å²) in [4.78, 5) is 14.6. The Hall–Kier alpha value is -1.16. The van der Waals surface area contributed by atoms with Gasteiger partial charge in [0.2, 0.25) is 0 Å². The summed E-state index contributed by atoms with van der Waals surface area (Å²) in [7, 11) is 1.96. The van der Waals surface area contributed by atoms with Crippen molar-refractivity contribution >= 4 is 5.78 Å². The third-order valence-corrected chi connectivity index (χ3v) is 4.62. The molecule has 0 N–H and O–H groups in total. The fourth-order valence-electron chi connectivity index (χ4n) is 3.71. The normalized spacial score (nSPS) is 29.0. The number of ketones is 1. The molecule has 0 spiro atoms. The molecule has 0 aromatic carbocycles. The number of hydrogen-bond acceptors (Lipinski definition) is 3. The van der Waals surface area contributed by atoms with Crippen molar-refractivity contribution in [2.24, 2.45) is 13.0 Å². The number of carbonyl (C=O) groups excluding carboxylic acids is 1. The van der Waals surface area contributed by atoms with Gasteiger partial charge in [0.25, 0.3) is 0 Å². The zero-order valence-electron chi connectivity index (χ0n) is 11.7. The van der Waals surface area contributed by atoms with E-state index in [2.05, 4.69) is 16.2 Å². The number of aryl methyl sites for hydroxylation is 1. The van der Waals surface area contributed by atoms with Crippen LogP contribution >= 0.6 is 0 Å². The summed E-state index contributed by atoms with van der Waals surface area (Å²) in [5.41, 5.74) is 1.26. The van der Waals surface area contributed by atoms with E-state index in [9.17, 15) is 4.79 Å². The maximum absolute atomic E-state index is 12.0. The maximum Gasteiger partial charge on any atom is 0.137 e. The largest absolute Gasteiger partial charge is 0.299 e. The van der Waals surface area contributed by atoms with Crippen molar-refractivity contribution in [1.82, 2.24) is 14.7 Å². The van der Waals surface area contributed by atoms with Crippen LogP contribution in [-0.2, 0) is 18.4 Å². The number of likely N-dealkylation sites (tertiary alicyclic amines) is 1. The molecule has 0 radical (unpaired) electrons. The van der Waals surface area contributed by atoms with Crippen LogP contribution in [0, 0.1) is 5.92 Å². The molecule has 4 nitrogen and oxygen atoms in total. The monoisotopic (exact) mass is 261 g/mol. The molecule has 4 heteroatoms. The van der Waals surface area contributed by atoms with Crippen molar-refractivity contribution in [2.75, 3.05) is 6.54 Å². The minimum atomic E-state index is 0.303. The van der Waals surface area contributed by atoms with Crippen LogP contribution in [0.5, 0.6) is 0 Å². The zero-order valence-corrected chi connectivity index (χ0v) is 11.7. The topological polar surface area (TPSA) is 38.1 Å². The highest BCUT2D eigenvalue weighted by Crippen LogP contribution is 2.33. The minimum Gasteiger partial charge on any atom is -0.299 e. The molecule has 3 rings (SSSR count). The average Bonchev–Trinajstić information content (AvgIpc) is 2.99. The number of hydrogen-bond donors (Lipinski definition) is 0. The van der Waals surface area contributed by atoms with Gasteiger partial charge in [-0.3, -0.25) is 14.4 Å². The molecule has 1 aromatic heterocycles. The third kappa shape index (κ3) is 2.73. The number of nitrogens with zero attached hydrogens (tertiary/aromatic N) is 3. The first-order chi connectivity index (χ1) is 9.24. The minimum absolute atomic E-state index is 0.303. The molecule has 1 saturated heterocycles. The Labute approximate surface area is 114 Å². The van der Waals surface area contributed by atoms with Crippen LogP contribution in [0.1, 0.15) is 44.1 Å². The molecule has 2 heterocycles. The van der Waals surface area contributed by atoms with Gasteiger partial charge >= 0.3 is 0 Å². The quantitative estimate of drug-likeness (QED) is 0.836. The summed E-state index contributed by atoms with van der Waals surface area (Å²) in [5, 5.41) is 4.24. The van der Waals surface area contributed by atoms with Crippen molar-refractivity contribution in [1.29, 1.82) is 0 Å². The number of rotatable bonds is 3. The van der Waals surface area contributed by atoms with E-state index >= 15 is 0 Å². The van der Waals surface area contributed by atoms with E-state index in [-0.39, 0.29) is 0 Å². The Kier molecular flexibility index (Phi) is 3.69. The molecule has 1 saturated carbocycles. The lowest BCUT2D eigenvalue weighted by Crippen LogP contribution is -2.44. The van der Waals surface area contributed by atoms with Crippen molar-refractivity contribution in [3.63, 3.8) is 0 Å². The van der Waals surface area contributed by atoms with E-state index < -0.39 is 0 Å². The first-order valence-electron chi connectivity index (χ1n) is 7.48. The van der Waals surface area contributed by atoms with Crippen LogP contribution in [0.15, 0.2) is 12.4 Å². The number of Topliss-reactive ketones (excluding diaryl/α,β-unsaturated/α-hetero) is 1. The molecule has 2 aliphatic rings. The van der Waals surface area contributed by atoms with E-state index in [4.69, 9.17) is 0 Å². The van der Waals surface area contributed by atoms with E-state index in [0.29, 0.717) is 17.7 Å². The summed E-state index contributed by atoms with van der Waals surface area (Å²) < 4.78 is 1.86. The van der Waals surface area contributed by atoms with Crippen LogP contribution in [0.25, 0.3) is 0 Å². The van der Waals surface area contributed by atoms with E-state index in [1.807, 2.05) is 17.9 Å². The Balaban J connectivity index is 1.71. The standard InChI is InChI=1S/C15H23N3O/c1-17-10-12(9-16-17)11-18-8-3-2-6-14(18)13-5-4-7-15(13)19/h9-10,13-14H,2-8,11H2,1H3. The zero-order chi connectivity index (χ0) is 13.2. The number of piperidine rings is 1. The molecule has 1 aliphatic heterocycles. The fraction of sp³-hybridized carbons (Fsp3) is 0.733. The fourth-order valence-corrected chi connectivity index (χ4v) is 3.71. The van der Waals surface area contributed by atoms with E-state index in [1.165, 1.54) is 24.8 Å². The lowest BCUT2D eigenvalue weighted by molar-refractivity contribution is -0.123. The summed E-state index contributed by atoms with van der Waals surface area (Å²) >= 11 is 0. The highest BCUT2D eigenvalue weighted by Gasteiger charge is 2.36. The van der Waals surface area contributed by atoms with Crippen LogP contribution in [0.2, 0.25) is 0 Å². The lowest BCUT2D eigenvalue weighted by atomic mass is 9.88. The van der Waals surface area contributed by atoms with Gasteiger partial charge < -0.3 is 0 Å². The summed E-state index contributed by atoms with van der Waals surface area (Å²) in [6.45, 7) is 2.08. The molecule has 2 fully saturated rings. The summed E-state index contributed by atoms with van der Waals surface area (Å²) in [6, 6.07) is 0.476. The van der Waals surface area contributed by atoms with E-state index in [0.717, 1.165) is 32.4 Å². The molecule has 19 heavy (non-hydrogen) atoms. The van der Waals surface area contributed by atoms with E-state index in [1.54, 1.807) is 0 Å². The maximum atomic E-state index is 12.0. The molecular weight excluding hydrogens is 238 g/mol. The molecule has 0 amide bonds. The molecule has 2 unspecified atom stereocenters. The second-order valence-electron chi connectivity index (χ2n) is 6.02. The van der Waals surface area contributed by atoms with Gasteiger partial charge in [-0.25, -0.2) is 0 Å². The second-order valence-corrected chi connectivity index (χ2v) is 6.02. The van der Waals surface area contributed by atoms with Gasteiger partial charge in [0.1, 0.15) is 5.78 Å². The molecule has 0 bridgehead atoms. The van der Waals surface area contributed by atoms with Crippen LogP contribution in [-0.4, -0.2) is 33.1 Å². The average molecular weight is 261 g/mol. The highest BCUT2D eigenvalue weighted by molar-refractivity contribution is 5.83. The van der Waals surface area contributed by atoms with Gasteiger partial charge in [0, 0.05) is 43.7 Å². The summed E-state index contributed by atoms with van der Waals surface area (Å²) in [5.74, 6) is 0.806. The third-order valence-electron chi connectivity index (χ3n) is 4.62. The Morgan fingerprint density at radius 3 is 2.89 bits per heavy atom. The molecular formula is C15H23N3O. The van der Waals surface area contributed by atoms with Gasteiger partial charge in [0.15, 0.2) is 0 Å². The van der Waals surface area contributed by atoms with Gasteiger partial charge in [-0.15, -0.1) is 0 Å². The van der Waals surface area contributed by atoms with Crippen LogP contribution in [0.4, 0.5) is 0 Å². The van der Waals surface area contributed by atoms with Gasteiger partial charge in [-0.05, 0) is 32.2 Å². The SMILES string of the molecule is Cn1cc(CN2CCCCC2C2CCCC2=O)cn1. The van der Waals surface area contributed by atoms with Crippen LogP contribution < -0.4 is 0 Å². The Bertz CT molecular complexity index is 454. The van der Waals surface area contributed by atoms with Crippen LogP contribution in [0.3, 0.4) is 0 Å². The predicted octanol–water partition coefficient (Wildman–Crippen LogP) is 2.14. The Morgan fingerprint density at radius 2 is 2.21 bits per heavy atom. The first-order valence-corrected chi connectivity index (χ1v) is 7.48. The van der Waals surface area contributed by atoms with Crippen molar-refractivity contribution in [2.45, 2.75) is 51.1 Å². The van der Waals surface area contributed by atoms with Crippen molar-refractivity contribution in [3.05, 3.63) is 18.0 Å². The second kappa shape index (κ2) is 5.45. The molecule has 2 atom stereocenters. The highest BCUT2D eigenvalue weighted by atomic mass is 16.1. The smallest absolute Gasteiger partial charge is 0.137 e. The van der Waals surface area contributed by atoms with Crippen molar-refractivity contribution < 1.29 is 4.79 Å². The number of carbonyl (C=O) groups is 1. The number of aromatic nitrogens is 2. The molecule has 1 aromatic rings. The first kappa shape index (κ1) is 12.9. The predicted molar refractivity (Wildman–Crippen MR) is 73.6 cm³/mol. The Morgan fingerprint density at radius 1 is 1.32 bits per heavy atom. The van der Waals surface area contributed by atoms with Gasteiger partial charge in [-0.1, -0.05) is 6.42 Å². The van der Waals surface area contributed by atoms with Gasteiger partial charge in [0.05, 0.1) is 6.20 Å². The van der Waals surface area contributed by atoms with Gasteiger partial charge in [-0.2, -0.15) is 5.10 Å².